The number of hydrogen-bond donors (Lipinski definition) is 1. The van der Waals surface area contributed by atoms with E-state index in [-0.39, 0.29) is 5.82 Å². The molecule has 2 rings (SSSR count). The number of rotatable bonds is 5. The summed E-state index contributed by atoms with van der Waals surface area (Å²) in [6.45, 7) is 1.61. The van der Waals surface area contributed by atoms with E-state index in [0.717, 1.165) is 30.8 Å². The van der Waals surface area contributed by atoms with Gasteiger partial charge in [-0.15, -0.1) is 11.3 Å². The van der Waals surface area contributed by atoms with Gasteiger partial charge in [0.25, 0.3) is 0 Å². The molecule has 0 aliphatic heterocycles. The van der Waals surface area contributed by atoms with Gasteiger partial charge in [0.15, 0.2) is 0 Å². The minimum Gasteiger partial charge on any atom is -0.311 e. The average Bonchev–Trinajstić information content (AvgIpc) is 2.77. The molecule has 0 aliphatic rings. The van der Waals surface area contributed by atoms with Crippen LogP contribution >= 0.6 is 11.3 Å². The Morgan fingerprint density at radius 2 is 2.31 bits per heavy atom. The van der Waals surface area contributed by atoms with Crippen LogP contribution in [0, 0.1) is 5.82 Å². The van der Waals surface area contributed by atoms with E-state index < -0.39 is 0 Å². The fourth-order valence-electron chi connectivity index (χ4n) is 1.47. The molecule has 1 N–H and O–H groups in total. The van der Waals surface area contributed by atoms with Crippen LogP contribution in [0.1, 0.15) is 11.3 Å². The van der Waals surface area contributed by atoms with Gasteiger partial charge in [0.05, 0.1) is 11.2 Å². The number of nitrogens with one attached hydrogen (secondary N) is 1. The third-order valence-corrected chi connectivity index (χ3v) is 2.90. The normalized spacial score (nSPS) is 10.6. The van der Waals surface area contributed by atoms with Crippen LogP contribution in [0.25, 0.3) is 0 Å². The lowest BCUT2D eigenvalue weighted by atomic mass is 10.1. The minimum absolute atomic E-state index is 0.169. The monoisotopic (exact) mass is 236 g/mol. The first-order valence-corrected chi connectivity index (χ1v) is 6.11. The van der Waals surface area contributed by atoms with Crippen LogP contribution in [0.3, 0.4) is 0 Å². The highest BCUT2D eigenvalue weighted by Gasteiger charge is 1.96. The van der Waals surface area contributed by atoms with Crippen LogP contribution in [0.4, 0.5) is 4.39 Å². The topological polar surface area (TPSA) is 24.9 Å². The van der Waals surface area contributed by atoms with Gasteiger partial charge in [-0.05, 0) is 30.7 Å². The fraction of sp³-hybridized carbons (Fsp3) is 0.250. The number of benzene rings is 1. The van der Waals surface area contributed by atoms with E-state index in [1.165, 1.54) is 6.07 Å². The molecule has 84 valence electrons. The van der Waals surface area contributed by atoms with E-state index in [0.29, 0.717) is 0 Å². The molecule has 2 aromatic rings. The SMILES string of the molecule is Fc1cccc(CCNCc2cscn2)c1. The predicted molar refractivity (Wildman–Crippen MR) is 63.9 cm³/mol. The summed E-state index contributed by atoms with van der Waals surface area (Å²) >= 11 is 1.60. The van der Waals surface area contributed by atoms with Crippen molar-refractivity contribution < 1.29 is 4.39 Å². The summed E-state index contributed by atoms with van der Waals surface area (Å²) < 4.78 is 12.9. The van der Waals surface area contributed by atoms with Crippen molar-refractivity contribution in [3.05, 3.63) is 52.2 Å². The molecular weight excluding hydrogens is 223 g/mol. The molecular formula is C12H13FN2S. The lowest BCUT2D eigenvalue weighted by molar-refractivity contribution is 0.622. The van der Waals surface area contributed by atoms with E-state index in [4.69, 9.17) is 0 Å². The summed E-state index contributed by atoms with van der Waals surface area (Å²) in [7, 11) is 0. The molecule has 0 fully saturated rings. The molecule has 2 nitrogen and oxygen atoms in total. The Labute approximate surface area is 98.2 Å². The zero-order chi connectivity index (χ0) is 11.2. The molecule has 0 radical (unpaired) electrons. The molecule has 0 saturated heterocycles. The second-order valence-electron chi connectivity index (χ2n) is 3.54. The molecule has 0 saturated carbocycles. The molecule has 0 amide bonds. The predicted octanol–water partition coefficient (Wildman–Crippen LogP) is 2.61. The van der Waals surface area contributed by atoms with Gasteiger partial charge in [0.2, 0.25) is 0 Å². The Bertz CT molecular complexity index is 428. The number of thiazole rings is 1. The standard InChI is InChI=1S/C12H13FN2S/c13-11-3-1-2-10(6-11)4-5-14-7-12-8-16-9-15-12/h1-3,6,8-9,14H,4-5,7H2. The molecule has 1 heterocycles. The molecule has 0 aliphatic carbocycles. The zero-order valence-electron chi connectivity index (χ0n) is 8.82. The number of halogens is 1. The molecule has 4 heteroatoms. The second kappa shape index (κ2) is 5.72. The highest BCUT2D eigenvalue weighted by molar-refractivity contribution is 7.07. The average molecular weight is 236 g/mol. The van der Waals surface area contributed by atoms with Crippen LogP contribution in [0.2, 0.25) is 0 Å². The van der Waals surface area contributed by atoms with Gasteiger partial charge in [0, 0.05) is 11.9 Å². The van der Waals surface area contributed by atoms with Crippen molar-refractivity contribution in [3.8, 4) is 0 Å². The minimum atomic E-state index is -0.169. The first-order chi connectivity index (χ1) is 7.84. The van der Waals surface area contributed by atoms with Crippen molar-refractivity contribution in [2.24, 2.45) is 0 Å². The summed E-state index contributed by atoms with van der Waals surface area (Å²) in [4.78, 5) is 4.17. The van der Waals surface area contributed by atoms with Gasteiger partial charge in [-0.3, -0.25) is 0 Å². The zero-order valence-corrected chi connectivity index (χ0v) is 9.64. The Morgan fingerprint density at radius 1 is 1.38 bits per heavy atom. The first-order valence-electron chi connectivity index (χ1n) is 5.17. The molecule has 1 aromatic heterocycles. The van der Waals surface area contributed by atoms with Gasteiger partial charge in [-0.1, -0.05) is 12.1 Å². The van der Waals surface area contributed by atoms with E-state index in [2.05, 4.69) is 10.3 Å². The summed E-state index contributed by atoms with van der Waals surface area (Å²) in [5.41, 5.74) is 3.90. The maximum Gasteiger partial charge on any atom is 0.123 e. The lowest BCUT2D eigenvalue weighted by Crippen LogP contribution is -2.16. The Hall–Kier alpha value is -1.26. The van der Waals surface area contributed by atoms with Crippen molar-refractivity contribution in [2.75, 3.05) is 6.54 Å². The number of aromatic nitrogens is 1. The maximum atomic E-state index is 12.9. The maximum absolute atomic E-state index is 12.9. The van der Waals surface area contributed by atoms with Crippen molar-refractivity contribution in [3.63, 3.8) is 0 Å². The number of hydrogen-bond acceptors (Lipinski definition) is 3. The van der Waals surface area contributed by atoms with E-state index >= 15 is 0 Å². The van der Waals surface area contributed by atoms with Crippen molar-refractivity contribution in [1.29, 1.82) is 0 Å². The van der Waals surface area contributed by atoms with Gasteiger partial charge < -0.3 is 5.32 Å². The van der Waals surface area contributed by atoms with Crippen LogP contribution in [-0.2, 0) is 13.0 Å². The van der Waals surface area contributed by atoms with Gasteiger partial charge >= 0.3 is 0 Å². The molecule has 0 bridgehead atoms. The van der Waals surface area contributed by atoms with Gasteiger partial charge in [-0.25, -0.2) is 9.37 Å². The Kier molecular flexibility index (Phi) is 4.02. The van der Waals surface area contributed by atoms with Crippen molar-refractivity contribution >= 4 is 11.3 Å². The largest absolute Gasteiger partial charge is 0.311 e. The van der Waals surface area contributed by atoms with Crippen LogP contribution in [-0.4, -0.2) is 11.5 Å². The Balaban J connectivity index is 1.72. The smallest absolute Gasteiger partial charge is 0.123 e. The first kappa shape index (κ1) is 11.2. The summed E-state index contributed by atoms with van der Waals surface area (Å²) in [5.74, 6) is -0.169. The van der Waals surface area contributed by atoms with E-state index in [1.807, 2.05) is 17.0 Å². The second-order valence-corrected chi connectivity index (χ2v) is 4.26. The fourth-order valence-corrected chi connectivity index (χ4v) is 2.02. The quantitative estimate of drug-likeness (QED) is 0.807. The Morgan fingerprint density at radius 3 is 3.06 bits per heavy atom. The van der Waals surface area contributed by atoms with Gasteiger partial charge in [0.1, 0.15) is 5.82 Å². The third-order valence-electron chi connectivity index (χ3n) is 2.27. The van der Waals surface area contributed by atoms with Crippen LogP contribution in [0.15, 0.2) is 35.2 Å². The summed E-state index contributed by atoms with van der Waals surface area (Å²) in [5, 5.41) is 5.30. The third kappa shape index (κ3) is 3.40. The summed E-state index contributed by atoms with van der Waals surface area (Å²) in [6, 6.07) is 6.72. The van der Waals surface area contributed by atoms with E-state index in [1.54, 1.807) is 23.5 Å². The van der Waals surface area contributed by atoms with Crippen molar-refractivity contribution in [1.82, 2.24) is 10.3 Å². The summed E-state index contributed by atoms with van der Waals surface area (Å²) in [6.07, 6.45) is 0.835. The highest BCUT2D eigenvalue weighted by Crippen LogP contribution is 2.04. The molecule has 16 heavy (non-hydrogen) atoms. The highest BCUT2D eigenvalue weighted by atomic mass is 32.1. The molecule has 0 atom stereocenters. The van der Waals surface area contributed by atoms with Gasteiger partial charge in [-0.2, -0.15) is 0 Å². The molecule has 0 spiro atoms. The number of nitrogens with zero attached hydrogens (tertiary/aromatic N) is 1. The van der Waals surface area contributed by atoms with Crippen molar-refractivity contribution in [2.45, 2.75) is 13.0 Å². The lowest BCUT2D eigenvalue weighted by Gasteiger charge is -2.03. The molecule has 0 unspecified atom stereocenters. The van der Waals surface area contributed by atoms with E-state index in [9.17, 15) is 4.39 Å². The molecule has 1 aromatic carbocycles. The van der Waals surface area contributed by atoms with Crippen LogP contribution < -0.4 is 5.32 Å². The van der Waals surface area contributed by atoms with Crippen LogP contribution in [0.5, 0.6) is 0 Å².